The number of carbonyl (C=O) groups is 1. The molecule has 0 bridgehead atoms. The maximum Gasteiger partial charge on any atom is 0.266 e. The maximum atomic E-state index is 13.4. The first-order valence-corrected chi connectivity index (χ1v) is 12.4. The number of ether oxygens (including phenoxy) is 2. The van der Waals surface area contributed by atoms with Gasteiger partial charge in [0.25, 0.3) is 5.56 Å². The molecule has 0 saturated heterocycles. The highest BCUT2D eigenvalue weighted by Crippen LogP contribution is 2.30. The number of carbonyl (C=O) groups excluding carboxylic acids is 1. The van der Waals surface area contributed by atoms with Crippen molar-refractivity contribution in [2.75, 3.05) is 26.5 Å². The number of thioether (sulfide) groups is 1. The molecule has 0 atom stereocenters. The molecule has 1 amide bonds. The molecule has 8 heteroatoms. The lowest BCUT2D eigenvalue weighted by Gasteiger charge is -2.15. The summed E-state index contributed by atoms with van der Waals surface area (Å²) >= 11 is 1.24. The Hall–Kier alpha value is -3.26. The van der Waals surface area contributed by atoms with E-state index in [1.54, 1.807) is 44.6 Å². The second-order valence-corrected chi connectivity index (χ2v) is 9.03. The Morgan fingerprint density at radius 3 is 2.71 bits per heavy atom. The van der Waals surface area contributed by atoms with Crippen molar-refractivity contribution in [3.8, 4) is 17.2 Å². The predicted octanol–water partition coefficient (Wildman–Crippen LogP) is 4.50. The van der Waals surface area contributed by atoms with Crippen LogP contribution in [-0.4, -0.2) is 42.0 Å². The van der Waals surface area contributed by atoms with E-state index in [0.717, 1.165) is 19.3 Å². The van der Waals surface area contributed by atoms with Gasteiger partial charge in [0.1, 0.15) is 0 Å². The first-order valence-electron chi connectivity index (χ1n) is 11.4. The normalized spacial score (nSPS) is 13.4. The molecule has 1 heterocycles. The molecular formula is C26H29N3O4S. The molecule has 1 aromatic heterocycles. The van der Waals surface area contributed by atoms with E-state index in [1.807, 2.05) is 12.1 Å². The minimum atomic E-state index is -0.204. The van der Waals surface area contributed by atoms with Crippen molar-refractivity contribution in [1.82, 2.24) is 14.9 Å². The van der Waals surface area contributed by atoms with Crippen LogP contribution in [0.5, 0.6) is 11.5 Å². The summed E-state index contributed by atoms with van der Waals surface area (Å²) in [6, 6.07) is 12.5. The van der Waals surface area contributed by atoms with Crippen LogP contribution in [0.4, 0.5) is 0 Å². The molecular weight excluding hydrogens is 450 g/mol. The van der Waals surface area contributed by atoms with E-state index in [9.17, 15) is 9.59 Å². The number of nitrogens with zero attached hydrogens (tertiary/aromatic N) is 2. The third-order valence-electron chi connectivity index (χ3n) is 5.86. The van der Waals surface area contributed by atoms with Crippen LogP contribution in [0.25, 0.3) is 16.6 Å². The van der Waals surface area contributed by atoms with Crippen molar-refractivity contribution in [2.45, 2.75) is 37.3 Å². The maximum absolute atomic E-state index is 13.4. The Labute approximate surface area is 203 Å². The Bertz CT molecular complexity index is 1270. The Morgan fingerprint density at radius 2 is 1.94 bits per heavy atom. The zero-order valence-electron chi connectivity index (χ0n) is 19.5. The van der Waals surface area contributed by atoms with Crippen molar-refractivity contribution < 1.29 is 14.3 Å². The minimum absolute atomic E-state index is 0.0809. The first kappa shape index (κ1) is 23.9. The number of benzene rings is 2. The Kier molecular flexibility index (Phi) is 7.90. The predicted molar refractivity (Wildman–Crippen MR) is 135 cm³/mol. The zero-order chi connectivity index (χ0) is 23.9. The second-order valence-electron chi connectivity index (χ2n) is 8.09. The standard InChI is InChI=1S/C26H29N3O4S/c1-32-22-13-12-19(16-23(22)33-2)29-25(31)20-10-6-7-11-21(20)28-26(29)34-17-24(30)27-15-14-18-8-4-3-5-9-18/h6-8,10-13,16H,3-5,9,14-15,17H2,1-2H3,(H,27,30). The Balaban J connectivity index is 1.57. The van der Waals surface area contributed by atoms with Crippen LogP contribution in [0, 0.1) is 0 Å². The van der Waals surface area contributed by atoms with Gasteiger partial charge in [0.15, 0.2) is 16.7 Å². The molecule has 1 N–H and O–H groups in total. The topological polar surface area (TPSA) is 82.5 Å². The molecule has 1 aliphatic carbocycles. The van der Waals surface area contributed by atoms with Crippen molar-refractivity contribution in [1.29, 1.82) is 0 Å². The van der Waals surface area contributed by atoms with Gasteiger partial charge in [-0.15, -0.1) is 0 Å². The fraction of sp³-hybridized carbons (Fsp3) is 0.346. The van der Waals surface area contributed by atoms with E-state index < -0.39 is 0 Å². The molecule has 0 unspecified atom stereocenters. The van der Waals surface area contributed by atoms with Crippen molar-refractivity contribution in [3.63, 3.8) is 0 Å². The van der Waals surface area contributed by atoms with Crippen LogP contribution in [0.15, 0.2) is 64.1 Å². The van der Waals surface area contributed by atoms with Gasteiger partial charge in [0, 0.05) is 12.6 Å². The van der Waals surface area contributed by atoms with Crippen molar-refractivity contribution in [2.24, 2.45) is 0 Å². The quantitative estimate of drug-likeness (QED) is 0.276. The molecule has 0 spiro atoms. The molecule has 2 aromatic carbocycles. The molecule has 0 saturated carbocycles. The summed E-state index contributed by atoms with van der Waals surface area (Å²) < 4.78 is 12.3. The summed E-state index contributed by atoms with van der Waals surface area (Å²) in [7, 11) is 3.11. The van der Waals surface area contributed by atoms with Crippen LogP contribution in [0.3, 0.4) is 0 Å². The second kappa shape index (κ2) is 11.2. The van der Waals surface area contributed by atoms with Crippen LogP contribution < -0.4 is 20.3 Å². The van der Waals surface area contributed by atoms with Gasteiger partial charge in [-0.1, -0.05) is 35.5 Å². The van der Waals surface area contributed by atoms with E-state index in [4.69, 9.17) is 14.5 Å². The van der Waals surface area contributed by atoms with Crippen LogP contribution in [-0.2, 0) is 4.79 Å². The van der Waals surface area contributed by atoms with Gasteiger partial charge in [-0.3, -0.25) is 14.2 Å². The fourth-order valence-corrected chi connectivity index (χ4v) is 4.92. The number of methoxy groups -OCH3 is 2. The molecule has 0 aliphatic heterocycles. The number of hydrogen-bond donors (Lipinski definition) is 1. The highest BCUT2D eigenvalue weighted by molar-refractivity contribution is 7.99. The molecule has 7 nitrogen and oxygen atoms in total. The summed E-state index contributed by atoms with van der Waals surface area (Å²) in [4.78, 5) is 30.7. The fourth-order valence-electron chi connectivity index (χ4n) is 4.08. The SMILES string of the molecule is COc1ccc(-n2c(SCC(=O)NCCC3=CCCCC3)nc3ccccc3c2=O)cc1OC. The number of amides is 1. The van der Waals surface area contributed by atoms with Crippen LogP contribution >= 0.6 is 11.8 Å². The number of rotatable bonds is 9. The van der Waals surface area contributed by atoms with Gasteiger partial charge in [-0.25, -0.2) is 4.98 Å². The first-order chi connectivity index (χ1) is 16.6. The molecule has 0 fully saturated rings. The average Bonchev–Trinajstić information content (AvgIpc) is 2.88. The van der Waals surface area contributed by atoms with Gasteiger partial charge in [0.2, 0.25) is 5.91 Å². The van der Waals surface area contributed by atoms with E-state index in [-0.39, 0.29) is 17.2 Å². The monoisotopic (exact) mass is 479 g/mol. The summed E-state index contributed by atoms with van der Waals surface area (Å²) in [5, 5.41) is 3.94. The van der Waals surface area contributed by atoms with E-state index in [0.29, 0.717) is 39.8 Å². The lowest BCUT2D eigenvalue weighted by Crippen LogP contribution is -2.27. The van der Waals surface area contributed by atoms with E-state index in [2.05, 4.69) is 11.4 Å². The summed E-state index contributed by atoms with van der Waals surface area (Å²) in [5.41, 5.74) is 2.41. The van der Waals surface area contributed by atoms with Gasteiger partial charge < -0.3 is 14.8 Å². The van der Waals surface area contributed by atoms with Gasteiger partial charge in [-0.05, 0) is 56.4 Å². The lowest BCUT2D eigenvalue weighted by molar-refractivity contribution is -0.118. The molecule has 1 aliphatic rings. The molecule has 0 radical (unpaired) electrons. The van der Waals surface area contributed by atoms with Gasteiger partial charge in [0.05, 0.1) is 36.6 Å². The minimum Gasteiger partial charge on any atom is -0.493 e. The third-order valence-corrected chi connectivity index (χ3v) is 6.79. The Morgan fingerprint density at radius 1 is 1.12 bits per heavy atom. The van der Waals surface area contributed by atoms with Gasteiger partial charge in [-0.2, -0.15) is 0 Å². The number of nitrogens with one attached hydrogen (secondary N) is 1. The van der Waals surface area contributed by atoms with Crippen molar-refractivity contribution >= 4 is 28.6 Å². The molecule has 4 rings (SSSR count). The third kappa shape index (κ3) is 5.44. The summed E-state index contributed by atoms with van der Waals surface area (Å²) in [5.74, 6) is 1.15. The lowest BCUT2D eigenvalue weighted by atomic mass is 9.97. The largest absolute Gasteiger partial charge is 0.493 e. The average molecular weight is 480 g/mol. The summed E-state index contributed by atoms with van der Waals surface area (Å²) in [6.45, 7) is 0.624. The van der Waals surface area contributed by atoms with E-state index >= 15 is 0 Å². The van der Waals surface area contributed by atoms with Gasteiger partial charge >= 0.3 is 0 Å². The molecule has 178 valence electrons. The zero-order valence-corrected chi connectivity index (χ0v) is 20.3. The highest BCUT2D eigenvalue weighted by Gasteiger charge is 2.16. The van der Waals surface area contributed by atoms with Crippen LogP contribution in [0.2, 0.25) is 0 Å². The molecule has 3 aromatic rings. The van der Waals surface area contributed by atoms with E-state index in [1.165, 1.54) is 34.7 Å². The smallest absolute Gasteiger partial charge is 0.266 e. The van der Waals surface area contributed by atoms with Crippen LogP contribution in [0.1, 0.15) is 32.1 Å². The highest BCUT2D eigenvalue weighted by atomic mass is 32.2. The number of para-hydroxylation sites is 1. The molecule has 34 heavy (non-hydrogen) atoms. The summed E-state index contributed by atoms with van der Waals surface area (Å²) in [6.07, 6.45) is 7.94. The number of aromatic nitrogens is 2. The number of hydrogen-bond acceptors (Lipinski definition) is 6. The van der Waals surface area contributed by atoms with Crippen molar-refractivity contribution in [3.05, 3.63) is 64.5 Å². The number of allylic oxidation sites excluding steroid dienone is 1. The number of fused-ring (bicyclic) bond motifs is 1.